The van der Waals surface area contributed by atoms with Crippen molar-refractivity contribution in [3.05, 3.63) is 182 Å². The second-order valence-corrected chi connectivity index (χ2v) is 19.7. The topological polar surface area (TPSA) is 55.4 Å². The van der Waals surface area contributed by atoms with Crippen LogP contribution in [0.2, 0.25) is 0 Å². The van der Waals surface area contributed by atoms with Gasteiger partial charge in [-0.15, -0.1) is 0 Å². The van der Waals surface area contributed by atoms with Gasteiger partial charge < -0.3 is 25.1 Å². The molecule has 0 aromatic heterocycles. The molecule has 6 nitrogen and oxygen atoms in total. The molecule has 0 heterocycles. The Morgan fingerprint density at radius 3 is 0.968 bits per heavy atom. The van der Waals surface area contributed by atoms with Crippen molar-refractivity contribution in [2.45, 2.75) is 125 Å². The summed E-state index contributed by atoms with van der Waals surface area (Å²) in [5, 5.41) is 0. The van der Waals surface area contributed by atoms with E-state index in [1.807, 2.05) is 109 Å². The zero-order valence-electron chi connectivity index (χ0n) is 35.6. The highest BCUT2D eigenvalue weighted by atomic mass is 32.2. The van der Waals surface area contributed by atoms with Gasteiger partial charge >= 0.3 is 0 Å². The number of hydrogen-bond donors (Lipinski definition) is 0. The fraction of sp³-hybridized carbons (Fsp3) is 0.294. The van der Waals surface area contributed by atoms with E-state index in [4.69, 9.17) is 25.1 Å². The Kier molecular flexibility index (Phi) is 23.4. The summed E-state index contributed by atoms with van der Waals surface area (Å²) in [7, 11) is 0. The predicted molar refractivity (Wildman–Crippen MR) is 267 cm³/mol. The molecule has 0 aliphatic rings. The van der Waals surface area contributed by atoms with Crippen LogP contribution in [0.3, 0.4) is 0 Å². The molecule has 6 unspecified atom stereocenters. The van der Waals surface area contributed by atoms with E-state index in [-0.39, 0.29) is 36.6 Å². The lowest BCUT2D eigenvalue weighted by molar-refractivity contribution is 0.0338. The molecular weight excluding hydrogens is 901 g/mol. The first-order chi connectivity index (χ1) is 31.1. The maximum absolute atomic E-state index is 6.82. The van der Waals surface area contributed by atoms with E-state index in [1.54, 1.807) is 0 Å². The lowest BCUT2D eigenvalue weighted by Gasteiger charge is -2.30. The third-order valence-corrected chi connectivity index (χ3v) is 14.7. The third kappa shape index (κ3) is 19.3. The molecular formula is C51H56O6S6. The van der Waals surface area contributed by atoms with Crippen molar-refractivity contribution in [2.24, 2.45) is 0 Å². The van der Waals surface area contributed by atoms with Crippen molar-refractivity contribution in [1.29, 1.82) is 0 Å². The molecule has 0 aliphatic carbocycles. The molecule has 0 fully saturated rings. The van der Waals surface area contributed by atoms with E-state index in [2.05, 4.69) is 86.6 Å². The molecule has 332 valence electrons. The molecule has 12 heteroatoms. The Hall–Kier alpha value is -2.82. The van der Waals surface area contributed by atoms with Gasteiger partial charge in [0.1, 0.15) is 24.4 Å². The van der Waals surface area contributed by atoms with Crippen LogP contribution in [0.15, 0.2) is 211 Å². The summed E-state index contributed by atoms with van der Waals surface area (Å²) in [5.74, 6) is 0. The Bertz CT molecular complexity index is 2040. The molecule has 6 aromatic rings. The van der Waals surface area contributed by atoms with Crippen LogP contribution in [-0.2, 0) is 25.1 Å². The van der Waals surface area contributed by atoms with E-state index in [1.165, 1.54) is 72.3 Å². The van der Waals surface area contributed by atoms with E-state index < -0.39 is 0 Å². The van der Waals surface area contributed by atoms with Gasteiger partial charge in [0.15, 0.2) is 0 Å². The van der Waals surface area contributed by atoms with Crippen molar-refractivity contribution >= 4 is 72.3 Å². The summed E-state index contributed by atoms with van der Waals surface area (Å²) in [5.41, 5.74) is 0. The van der Waals surface area contributed by atoms with E-state index in [0.29, 0.717) is 6.42 Å². The van der Waals surface area contributed by atoms with Gasteiger partial charge in [0.25, 0.3) is 0 Å². The predicted octanol–water partition coefficient (Wildman–Crippen LogP) is 16.3. The van der Waals surface area contributed by atoms with Gasteiger partial charge in [-0.3, -0.25) is 0 Å². The van der Waals surface area contributed by atoms with Crippen LogP contribution in [0.25, 0.3) is 0 Å². The minimum absolute atomic E-state index is 0.00736. The summed E-state index contributed by atoms with van der Waals surface area (Å²) < 4.78 is 39.9. The maximum Gasteiger partial charge on any atom is 0.103 e. The van der Waals surface area contributed by atoms with Crippen LogP contribution in [0, 0.1) is 0 Å². The van der Waals surface area contributed by atoms with Gasteiger partial charge in [-0.05, 0) is 118 Å². The highest BCUT2D eigenvalue weighted by Gasteiger charge is 2.31. The monoisotopic (exact) mass is 956 g/mol. The summed E-state index contributed by atoms with van der Waals surface area (Å²) in [6.45, 7) is 4.29. The SMILES string of the molecule is CCC(CC(OSc1ccccc1)C(CCCC(OSc1ccccc1)C(CCC(C)OSc1ccccc1)OSc1ccccc1)OSc1ccccc1)OSc1ccccc1. The smallest absolute Gasteiger partial charge is 0.103 e. The third-order valence-electron chi connectivity index (χ3n) is 9.73. The molecule has 0 aliphatic heterocycles. The van der Waals surface area contributed by atoms with Crippen LogP contribution in [0.4, 0.5) is 0 Å². The quantitative estimate of drug-likeness (QED) is 0.0404. The fourth-order valence-corrected chi connectivity index (χ4v) is 10.5. The van der Waals surface area contributed by atoms with Gasteiger partial charge in [0.05, 0.1) is 12.2 Å². The highest BCUT2D eigenvalue weighted by molar-refractivity contribution is 7.95. The summed E-state index contributed by atoms with van der Waals surface area (Å²) >= 11 is 8.45. The maximum atomic E-state index is 6.82. The van der Waals surface area contributed by atoms with Crippen molar-refractivity contribution in [3.8, 4) is 0 Å². The van der Waals surface area contributed by atoms with Gasteiger partial charge in [0, 0.05) is 108 Å². The van der Waals surface area contributed by atoms with Crippen LogP contribution in [0.1, 0.15) is 58.8 Å². The van der Waals surface area contributed by atoms with Crippen molar-refractivity contribution < 1.29 is 25.1 Å². The first-order valence-corrected chi connectivity index (χ1v) is 25.9. The van der Waals surface area contributed by atoms with Gasteiger partial charge in [-0.1, -0.05) is 116 Å². The van der Waals surface area contributed by atoms with E-state index in [0.717, 1.165) is 67.9 Å². The van der Waals surface area contributed by atoms with Crippen LogP contribution >= 0.6 is 72.3 Å². The van der Waals surface area contributed by atoms with E-state index in [9.17, 15) is 0 Å². The van der Waals surface area contributed by atoms with Gasteiger partial charge in [0.2, 0.25) is 0 Å². The molecule has 0 radical (unpaired) electrons. The molecule has 0 spiro atoms. The van der Waals surface area contributed by atoms with Crippen molar-refractivity contribution in [1.82, 2.24) is 0 Å². The Morgan fingerprint density at radius 1 is 0.333 bits per heavy atom. The summed E-state index contributed by atoms with van der Waals surface area (Å²) in [6.07, 6.45) is 4.18. The standard InChI is InChI=1S/C51H56O6S6/c1-3-41(53-59-43-25-12-5-13-26-43)39-51(57-63-47-33-20-9-21-34-47)49(55-61-45-29-16-7-17-30-45)36-22-35-48(54-60-44-27-14-6-15-28-44)50(56-62-46-31-18-8-19-32-46)38-37-40(2)52-58-42-23-10-4-11-24-42/h4-21,23-34,40-41,48-51H,3,22,35-39H2,1-2H3. The normalized spacial score (nSPS) is 14.4. The second kappa shape index (κ2) is 29.7. The van der Waals surface area contributed by atoms with Crippen LogP contribution < -0.4 is 0 Å². The largest absolute Gasteiger partial charge is 0.307 e. The molecule has 0 bridgehead atoms. The lowest BCUT2D eigenvalue weighted by Crippen LogP contribution is -2.34. The Labute approximate surface area is 401 Å². The minimum Gasteiger partial charge on any atom is -0.307 e. The first-order valence-electron chi connectivity index (χ1n) is 21.4. The first kappa shape index (κ1) is 49.6. The molecule has 6 aromatic carbocycles. The number of hydrogen-bond acceptors (Lipinski definition) is 12. The zero-order chi connectivity index (χ0) is 43.6. The van der Waals surface area contributed by atoms with Crippen LogP contribution in [-0.4, -0.2) is 36.6 Å². The minimum atomic E-state index is -0.286. The van der Waals surface area contributed by atoms with Crippen molar-refractivity contribution in [2.75, 3.05) is 0 Å². The summed E-state index contributed by atoms with van der Waals surface area (Å²) in [4.78, 5) is 6.30. The molecule has 0 amide bonds. The second-order valence-electron chi connectivity index (χ2n) is 14.7. The zero-order valence-corrected chi connectivity index (χ0v) is 40.5. The highest BCUT2D eigenvalue weighted by Crippen LogP contribution is 2.36. The number of rotatable bonds is 30. The van der Waals surface area contributed by atoms with E-state index >= 15 is 0 Å². The lowest BCUT2D eigenvalue weighted by atomic mass is 9.97. The molecule has 63 heavy (non-hydrogen) atoms. The molecule has 0 saturated carbocycles. The Morgan fingerprint density at radius 2 is 0.619 bits per heavy atom. The van der Waals surface area contributed by atoms with Crippen molar-refractivity contribution in [3.63, 3.8) is 0 Å². The van der Waals surface area contributed by atoms with Gasteiger partial charge in [-0.2, -0.15) is 0 Å². The molecule has 6 rings (SSSR count). The molecule has 6 atom stereocenters. The Balaban J connectivity index is 1.21. The number of benzene rings is 6. The molecule has 0 N–H and O–H groups in total. The summed E-state index contributed by atoms with van der Waals surface area (Å²) in [6, 6.07) is 61.4. The average molecular weight is 957 g/mol. The van der Waals surface area contributed by atoms with Crippen LogP contribution in [0.5, 0.6) is 0 Å². The van der Waals surface area contributed by atoms with Gasteiger partial charge in [-0.25, -0.2) is 0 Å². The molecule has 0 saturated heterocycles. The average Bonchev–Trinajstić information content (AvgIpc) is 3.35. The fourth-order valence-electron chi connectivity index (χ4n) is 6.23.